The molecule has 1 aromatic rings. The van der Waals surface area contributed by atoms with Gasteiger partial charge in [-0.2, -0.15) is 0 Å². The molecule has 2 unspecified atom stereocenters. The van der Waals surface area contributed by atoms with Crippen LogP contribution in [0.4, 0.5) is 0 Å². The number of nitrogens with one attached hydrogen (secondary N) is 1. The van der Waals surface area contributed by atoms with E-state index in [-0.39, 0.29) is 17.8 Å². The van der Waals surface area contributed by atoms with Gasteiger partial charge in [0.05, 0.1) is 20.0 Å². The van der Waals surface area contributed by atoms with Crippen LogP contribution in [0.1, 0.15) is 18.5 Å². The fourth-order valence-electron chi connectivity index (χ4n) is 2.27. The number of sulfone groups is 1. The highest BCUT2D eigenvalue weighted by atomic mass is 32.2. The van der Waals surface area contributed by atoms with E-state index < -0.39 is 9.84 Å². The third-order valence-electron chi connectivity index (χ3n) is 3.30. The largest absolute Gasteiger partial charge is 0.497 e. The molecule has 1 aliphatic heterocycles. The number of benzene rings is 1. The molecule has 0 aliphatic carbocycles. The third kappa shape index (κ3) is 3.32. The summed E-state index contributed by atoms with van der Waals surface area (Å²) in [6, 6.07) is 5.33. The molecule has 6 heteroatoms. The average molecular weight is 297 g/mol. The van der Waals surface area contributed by atoms with Crippen molar-refractivity contribution in [3.05, 3.63) is 35.2 Å². The van der Waals surface area contributed by atoms with Crippen molar-refractivity contribution in [3.63, 3.8) is 0 Å². The van der Waals surface area contributed by atoms with Crippen LogP contribution in [0.5, 0.6) is 11.5 Å². The van der Waals surface area contributed by atoms with Crippen LogP contribution in [0.25, 0.3) is 0 Å². The van der Waals surface area contributed by atoms with Gasteiger partial charge in [0, 0.05) is 23.1 Å². The maximum Gasteiger partial charge on any atom is 0.173 e. The molecule has 1 aliphatic rings. The van der Waals surface area contributed by atoms with Gasteiger partial charge in [0.25, 0.3) is 0 Å². The lowest BCUT2D eigenvalue weighted by molar-refractivity contribution is 0.390. The van der Waals surface area contributed by atoms with Crippen molar-refractivity contribution in [2.24, 2.45) is 0 Å². The number of rotatable bonds is 5. The summed E-state index contributed by atoms with van der Waals surface area (Å²) in [4.78, 5) is 0. The molecular weight excluding hydrogens is 278 g/mol. The molecule has 0 saturated carbocycles. The molecule has 0 radical (unpaired) electrons. The van der Waals surface area contributed by atoms with E-state index in [1.54, 1.807) is 20.3 Å². The van der Waals surface area contributed by atoms with Crippen LogP contribution >= 0.6 is 0 Å². The summed E-state index contributed by atoms with van der Waals surface area (Å²) in [6.45, 7) is 1.97. The van der Waals surface area contributed by atoms with E-state index >= 15 is 0 Å². The first-order chi connectivity index (χ1) is 9.45. The highest BCUT2D eigenvalue weighted by molar-refractivity contribution is 7.94. The number of hydrogen-bond donors (Lipinski definition) is 1. The van der Waals surface area contributed by atoms with Gasteiger partial charge >= 0.3 is 0 Å². The Labute approximate surface area is 119 Å². The maximum absolute atomic E-state index is 11.4. The molecule has 0 spiro atoms. The molecule has 0 bridgehead atoms. The van der Waals surface area contributed by atoms with E-state index in [2.05, 4.69) is 5.32 Å². The second-order valence-electron chi connectivity index (χ2n) is 4.76. The van der Waals surface area contributed by atoms with Crippen molar-refractivity contribution in [2.75, 3.05) is 20.0 Å². The highest BCUT2D eigenvalue weighted by Crippen LogP contribution is 2.29. The standard InChI is InChI=1S/C14H19NO4S/c1-10(15-11-6-7-20(16,17)9-11)13-8-12(18-2)4-5-14(13)19-3/h4-8,10-11,15H,9H2,1-3H3. The summed E-state index contributed by atoms with van der Waals surface area (Å²) in [5.41, 5.74) is 0.935. The van der Waals surface area contributed by atoms with Crippen LogP contribution in [0, 0.1) is 0 Å². The molecule has 0 amide bonds. The molecule has 2 rings (SSSR count). The minimum atomic E-state index is -3.05. The van der Waals surface area contributed by atoms with Crippen LogP contribution in [-0.4, -0.2) is 34.4 Å². The molecule has 1 N–H and O–H groups in total. The maximum atomic E-state index is 11.4. The van der Waals surface area contributed by atoms with E-state index in [9.17, 15) is 8.42 Å². The predicted molar refractivity (Wildman–Crippen MR) is 77.8 cm³/mol. The molecule has 110 valence electrons. The van der Waals surface area contributed by atoms with Crippen LogP contribution in [-0.2, 0) is 9.84 Å². The zero-order valence-electron chi connectivity index (χ0n) is 11.8. The SMILES string of the molecule is COc1ccc(OC)c(C(C)NC2C=CS(=O)(=O)C2)c1. The van der Waals surface area contributed by atoms with Crippen LogP contribution in [0.15, 0.2) is 29.7 Å². The molecule has 0 fully saturated rings. The predicted octanol–water partition coefficient (Wildman–Crippen LogP) is 1.67. The van der Waals surface area contributed by atoms with Crippen LogP contribution in [0.2, 0.25) is 0 Å². The van der Waals surface area contributed by atoms with Gasteiger partial charge in [-0.25, -0.2) is 8.42 Å². The van der Waals surface area contributed by atoms with Gasteiger partial charge in [-0.1, -0.05) is 6.08 Å². The summed E-state index contributed by atoms with van der Waals surface area (Å²) >= 11 is 0. The van der Waals surface area contributed by atoms with E-state index in [1.807, 2.05) is 25.1 Å². The summed E-state index contributed by atoms with van der Waals surface area (Å²) in [5.74, 6) is 1.59. The lowest BCUT2D eigenvalue weighted by Crippen LogP contribution is -2.32. The summed E-state index contributed by atoms with van der Waals surface area (Å²) in [5, 5.41) is 4.54. The Morgan fingerprint density at radius 3 is 2.60 bits per heavy atom. The number of hydrogen-bond acceptors (Lipinski definition) is 5. The second-order valence-corrected chi connectivity index (χ2v) is 6.69. The molecule has 5 nitrogen and oxygen atoms in total. The first kappa shape index (κ1) is 14.9. The van der Waals surface area contributed by atoms with E-state index in [4.69, 9.17) is 9.47 Å². The van der Waals surface area contributed by atoms with Crippen molar-refractivity contribution in [1.82, 2.24) is 5.32 Å². The zero-order chi connectivity index (χ0) is 14.8. The first-order valence-corrected chi connectivity index (χ1v) is 8.05. The summed E-state index contributed by atoms with van der Waals surface area (Å²) < 4.78 is 33.4. The van der Waals surface area contributed by atoms with Gasteiger partial charge in [-0.05, 0) is 25.1 Å². The van der Waals surface area contributed by atoms with Crippen LogP contribution in [0.3, 0.4) is 0 Å². The highest BCUT2D eigenvalue weighted by Gasteiger charge is 2.24. The van der Waals surface area contributed by atoms with Gasteiger partial charge in [0.1, 0.15) is 11.5 Å². The van der Waals surface area contributed by atoms with Crippen molar-refractivity contribution < 1.29 is 17.9 Å². The van der Waals surface area contributed by atoms with Crippen molar-refractivity contribution in [1.29, 1.82) is 0 Å². The Morgan fingerprint density at radius 1 is 1.30 bits per heavy atom. The Kier molecular flexibility index (Phi) is 4.35. The van der Waals surface area contributed by atoms with Gasteiger partial charge in [-0.15, -0.1) is 0 Å². The Hall–Kier alpha value is -1.53. The van der Waals surface area contributed by atoms with Crippen molar-refractivity contribution in [2.45, 2.75) is 19.0 Å². The molecule has 2 atom stereocenters. The molecular formula is C14H19NO4S. The Morgan fingerprint density at radius 2 is 2.05 bits per heavy atom. The van der Waals surface area contributed by atoms with E-state index in [0.29, 0.717) is 0 Å². The second kappa shape index (κ2) is 5.85. The lowest BCUT2D eigenvalue weighted by Gasteiger charge is -2.21. The summed E-state index contributed by atoms with van der Waals surface area (Å²) in [6.07, 6.45) is 1.68. The fraction of sp³-hybridized carbons (Fsp3) is 0.429. The summed E-state index contributed by atoms with van der Waals surface area (Å²) in [7, 11) is 0.165. The first-order valence-electron chi connectivity index (χ1n) is 6.34. The number of ether oxygens (including phenoxy) is 2. The van der Waals surface area contributed by atoms with Gasteiger partial charge in [-0.3, -0.25) is 0 Å². The van der Waals surface area contributed by atoms with E-state index in [0.717, 1.165) is 17.1 Å². The molecule has 0 aromatic heterocycles. The zero-order valence-corrected chi connectivity index (χ0v) is 12.6. The Balaban J connectivity index is 2.16. The normalized spacial score (nSPS) is 21.6. The molecule has 20 heavy (non-hydrogen) atoms. The van der Waals surface area contributed by atoms with E-state index in [1.165, 1.54) is 5.41 Å². The monoisotopic (exact) mass is 297 g/mol. The molecule has 1 heterocycles. The van der Waals surface area contributed by atoms with Gasteiger partial charge in [0.15, 0.2) is 9.84 Å². The average Bonchev–Trinajstić information content (AvgIpc) is 2.77. The lowest BCUT2D eigenvalue weighted by atomic mass is 10.1. The Bertz CT molecular complexity index is 610. The third-order valence-corrected chi connectivity index (χ3v) is 4.69. The topological polar surface area (TPSA) is 64.6 Å². The van der Waals surface area contributed by atoms with Crippen LogP contribution < -0.4 is 14.8 Å². The molecule has 1 aromatic carbocycles. The smallest absolute Gasteiger partial charge is 0.173 e. The van der Waals surface area contributed by atoms with Gasteiger partial charge < -0.3 is 14.8 Å². The van der Waals surface area contributed by atoms with Crippen molar-refractivity contribution in [3.8, 4) is 11.5 Å². The minimum Gasteiger partial charge on any atom is -0.497 e. The fourth-order valence-corrected chi connectivity index (χ4v) is 3.52. The minimum absolute atomic E-state index is 0.0528. The number of methoxy groups -OCH3 is 2. The quantitative estimate of drug-likeness (QED) is 0.895. The molecule has 0 saturated heterocycles. The van der Waals surface area contributed by atoms with Crippen molar-refractivity contribution >= 4 is 9.84 Å². The van der Waals surface area contributed by atoms with Gasteiger partial charge in [0.2, 0.25) is 0 Å².